The maximum atomic E-state index is 12.6. The number of rotatable bonds is 4. The number of nitrogens with zero attached hydrogens (tertiary/aromatic N) is 1. The van der Waals surface area contributed by atoms with E-state index in [0.29, 0.717) is 6.54 Å². The monoisotopic (exact) mass is 334 g/mol. The molecule has 1 heterocycles. The van der Waals surface area contributed by atoms with Gasteiger partial charge in [0.05, 0.1) is 7.11 Å². The lowest BCUT2D eigenvalue weighted by Gasteiger charge is -2.40. The highest BCUT2D eigenvalue weighted by Crippen LogP contribution is 2.32. The molecule has 5 nitrogen and oxygen atoms in total. The Morgan fingerprint density at radius 3 is 2.50 bits per heavy atom. The molecule has 0 radical (unpaired) electrons. The molecule has 2 N–H and O–H groups in total. The molecule has 134 valence electrons. The summed E-state index contributed by atoms with van der Waals surface area (Å²) in [5.74, 6) is 0.922. The molecule has 0 bridgehead atoms. The summed E-state index contributed by atoms with van der Waals surface area (Å²) in [4.78, 5) is 14.5. The van der Waals surface area contributed by atoms with Gasteiger partial charge in [0.25, 0.3) is 0 Å². The van der Waals surface area contributed by atoms with Crippen LogP contribution in [0.1, 0.15) is 51.5 Å². The van der Waals surface area contributed by atoms with Crippen LogP contribution in [0.15, 0.2) is 24.3 Å². The average Bonchev–Trinajstić information content (AvgIpc) is 2.55. The maximum Gasteiger partial charge on any atom is 0.410 e. The van der Waals surface area contributed by atoms with E-state index >= 15 is 0 Å². The standard InChI is InChI=1S/C19H30N2O3/c1-19(2,3)24-18(22)21-12-6-5-7-17(21)16(13-20)14-8-10-15(23-4)11-9-14/h8-11,16-17H,5-7,12-13,20H2,1-4H3. The molecule has 0 aromatic heterocycles. The van der Waals surface area contributed by atoms with Crippen LogP contribution in [-0.4, -0.2) is 42.8 Å². The third kappa shape index (κ3) is 4.63. The van der Waals surface area contributed by atoms with Crippen molar-refractivity contribution in [3.63, 3.8) is 0 Å². The second-order valence-corrected chi connectivity index (χ2v) is 7.35. The first-order valence-electron chi connectivity index (χ1n) is 8.69. The van der Waals surface area contributed by atoms with E-state index in [1.807, 2.05) is 49.9 Å². The third-order valence-corrected chi connectivity index (χ3v) is 4.44. The quantitative estimate of drug-likeness (QED) is 0.915. The normalized spacial score (nSPS) is 19.7. The number of likely N-dealkylation sites (tertiary alicyclic amines) is 1. The predicted octanol–water partition coefficient (Wildman–Crippen LogP) is 3.53. The molecule has 0 saturated carbocycles. The van der Waals surface area contributed by atoms with E-state index in [4.69, 9.17) is 15.2 Å². The number of carbonyl (C=O) groups excluding carboxylic acids is 1. The zero-order chi connectivity index (χ0) is 17.7. The number of methoxy groups -OCH3 is 1. The van der Waals surface area contributed by atoms with Crippen molar-refractivity contribution in [1.82, 2.24) is 4.90 Å². The van der Waals surface area contributed by atoms with Gasteiger partial charge >= 0.3 is 6.09 Å². The van der Waals surface area contributed by atoms with E-state index in [1.54, 1.807) is 7.11 Å². The van der Waals surface area contributed by atoms with Gasteiger partial charge in [0.2, 0.25) is 0 Å². The number of amides is 1. The fourth-order valence-corrected chi connectivity index (χ4v) is 3.29. The molecular weight excluding hydrogens is 304 g/mol. The number of hydrogen-bond acceptors (Lipinski definition) is 4. The van der Waals surface area contributed by atoms with Gasteiger partial charge in [0.1, 0.15) is 11.4 Å². The lowest BCUT2D eigenvalue weighted by Crippen LogP contribution is -2.50. The van der Waals surface area contributed by atoms with Crippen LogP contribution in [0.2, 0.25) is 0 Å². The van der Waals surface area contributed by atoms with Crippen LogP contribution in [-0.2, 0) is 4.74 Å². The van der Waals surface area contributed by atoms with Crippen LogP contribution in [0.5, 0.6) is 5.75 Å². The van der Waals surface area contributed by atoms with Crippen LogP contribution in [0.3, 0.4) is 0 Å². The first-order chi connectivity index (χ1) is 11.4. The molecule has 1 aromatic rings. The number of piperidine rings is 1. The molecular formula is C19H30N2O3. The van der Waals surface area contributed by atoms with Gasteiger partial charge < -0.3 is 20.1 Å². The molecule has 2 atom stereocenters. The second-order valence-electron chi connectivity index (χ2n) is 7.35. The Morgan fingerprint density at radius 2 is 1.96 bits per heavy atom. The first kappa shape index (κ1) is 18.6. The largest absolute Gasteiger partial charge is 0.497 e. The number of ether oxygens (including phenoxy) is 2. The number of nitrogens with two attached hydrogens (primary N) is 1. The third-order valence-electron chi connectivity index (χ3n) is 4.44. The van der Waals surface area contributed by atoms with Crippen molar-refractivity contribution in [2.45, 2.75) is 57.6 Å². The van der Waals surface area contributed by atoms with E-state index in [0.717, 1.165) is 37.1 Å². The molecule has 1 fully saturated rings. The lowest BCUT2D eigenvalue weighted by molar-refractivity contribution is 0.00664. The Hall–Kier alpha value is -1.75. The molecule has 0 spiro atoms. The SMILES string of the molecule is COc1ccc(C(CN)C2CCCCN2C(=O)OC(C)(C)C)cc1. The van der Waals surface area contributed by atoms with Crippen molar-refractivity contribution in [1.29, 1.82) is 0 Å². The van der Waals surface area contributed by atoms with Crippen molar-refractivity contribution in [3.05, 3.63) is 29.8 Å². The van der Waals surface area contributed by atoms with Crippen LogP contribution in [0.25, 0.3) is 0 Å². The minimum absolute atomic E-state index is 0.0759. The van der Waals surface area contributed by atoms with E-state index in [-0.39, 0.29) is 18.1 Å². The molecule has 0 aliphatic carbocycles. The molecule has 1 amide bonds. The van der Waals surface area contributed by atoms with Crippen LogP contribution in [0, 0.1) is 0 Å². The van der Waals surface area contributed by atoms with Gasteiger partial charge in [-0.15, -0.1) is 0 Å². The molecule has 2 unspecified atom stereocenters. The summed E-state index contributed by atoms with van der Waals surface area (Å²) in [6, 6.07) is 8.04. The molecule has 1 aliphatic rings. The Bertz CT molecular complexity index is 537. The van der Waals surface area contributed by atoms with Gasteiger partial charge in [-0.3, -0.25) is 0 Å². The Kier molecular flexibility index (Phi) is 6.10. The van der Waals surface area contributed by atoms with Crippen LogP contribution in [0.4, 0.5) is 4.79 Å². The average molecular weight is 334 g/mol. The fourth-order valence-electron chi connectivity index (χ4n) is 3.29. The summed E-state index contributed by atoms with van der Waals surface area (Å²) < 4.78 is 10.8. The molecule has 1 saturated heterocycles. The minimum Gasteiger partial charge on any atom is -0.497 e. The van der Waals surface area contributed by atoms with Gasteiger partial charge in [-0.05, 0) is 57.7 Å². The van der Waals surface area contributed by atoms with Gasteiger partial charge in [0, 0.05) is 25.0 Å². The van der Waals surface area contributed by atoms with Crippen LogP contribution < -0.4 is 10.5 Å². The summed E-state index contributed by atoms with van der Waals surface area (Å²) in [7, 11) is 1.65. The summed E-state index contributed by atoms with van der Waals surface area (Å²) in [5.41, 5.74) is 6.73. The number of carbonyl (C=O) groups is 1. The van der Waals surface area contributed by atoms with Crippen molar-refractivity contribution < 1.29 is 14.3 Å². The smallest absolute Gasteiger partial charge is 0.410 e. The zero-order valence-electron chi connectivity index (χ0n) is 15.2. The second kappa shape index (κ2) is 7.88. The Morgan fingerprint density at radius 1 is 1.29 bits per heavy atom. The zero-order valence-corrected chi connectivity index (χ0v) is 15.2. The first-order valence-corrected chi connectivity index (χ1v) is 8.69. The van der Waals surface area contributed by atoms with Crippen molar-refractivity contribution in [2.75, 3.05) is 20.2 Å². The van der Waals surface area contributed by atoms with E-state index in [9.17, 15) is 4.79 Å². The van der Waals surface area contributed by atoms with E-state index in [1.165, 1.54) is 0 Å². The highest BCUT2D eigenvalue weighted by atomic mass is 16.6. The summed E-state index contributed by atoms with van der Waals surface area (Å²) in [6.45, 7) is 6.91. The van der Waals surface area contributed by atoms with Gasteiger partial charge in [0.15, 0.2) is 0 Å². The van der Waals surface area contributed by atoms with Gasteiger partial charge in [-0.25, -0.2) is 4.79 Å². The Labute approximate surface area is 145 Å². The topological polar surface area (TPSA) is 64.8 Å². The van der Waals surface area contributed by atoms with E-state index in [2.05, 4.69) is 0 Å². The van der Waals surface area contributed by atoms with Crippen molar-refractivity contribution in [3.8, 4) is 5.75 Å². The maximum absolute atomic E-state index is 12.6. The molecule has 1 aliphatic heterocycles. The van der Waals surface area contributed by atoms with Crippen LogP contribution >= 0.6 is 0 Å². The lowest BCUT2D eigenvalue weighted by atomic mass is 9.85. The minimum atomic E-state index is -0.489. The molecule has 24 heavy (non-hydrogen) atoms. The molecule has 1 aromatic carbocycles. The van der Waals surface area contributed by atoms with Crippen molar-refractivity contribution >= 4 is 6.09 Å². The summed E-state index contributed by atoms with van der Waals surface area (Å²) in [5, 5.41) is 0. The summed E-state index contributed by atoms with van der Waals surface area (Å²) >= 11 is 0. The number of benzene rings is 1. The summed E-state index contributed by atoms with van der Waals surface area (Å²) in [6.07, 6.45) is 2.83. The van der Waals surface area contributed by atoms with Crippen molar-refractivity contribution in [2.24, 2.45) is 5.73 Å². The molecule has 5 heteroatoms. The van der Waals surface area contributed by atoms with Gasteiger partial charge in [-0.2, -0.15) is 0 Å². The highest BCUT2D eigenvalue weighted by molar-refractivity contribution is 5.69. The Balaban J connectivity index is 2.21. The predicted molar refractivity (Wildman–Crippen MR) is 95.4 cm³/mol. The van der Waals surface area contributed by atoms with E-state index < -0.39 is 5.60 Å². The fraction of sp³-hybridized carbons (Fsp3) is 0.632. The van der Waals surface area contributed by atoms with Gasteiger partial charge in [-0.1, -0.05) is 12.1 Å². The highest BCUT2D eigenvalue weighted by Gasteiger charge is 2.35. The number of hydrogen-bond donors (Lipinski definition) is 1. The molecule has 2 rings (SSSR count).